The number of rotatable bonds is 1. The second kappa shape index (κ2) is 3.41. The molecule has 1 aliphatic heterocycles. The molecule has 0 unspecified atom stereocenters. The summed E-state index contributed by atoms with van der Waals surface area (Å²) in [5, 5.41) is 0. The summed E-state index contributed by atoms with van der Waals surface area (Å²) in [5.41, 5.74) is 0.848. The number of nitrogens with zero attached hydrogens (tertiary/aromatic N) is 2. The second-order valence-electron chi connectivity index (χ2n) is 4.01. The van der Waals surface area contributed by atoms with Gasteiger partial charge in [-0.2, -0.15) is 0 Å². The van der Waals surface area contributed by atoms with Crippen LogP contribution in [-0.2, 0) is 0 Å². The van der Waals surface area contributed by atoms with Crippen LogP contribution in [0.1, 0.15) is 10.4 Å². The number of halogens is 1. The minimum Gasteiger partial charge on any atom is -0.333 e. The molecule has 17 heavy (non-hydrogen) atoms. The first-order valence-electron chi connectivity index (χ1n) is 5.15. The molecule has 0 saturated carbocycles. The van der Waals surface area contributed by atoms with Crippen molar-refractivity contribution in [3.05, 3.63) is 28.3 Å². The smallest absolute Gasteiger partial charge is 0.325 e. The van der Waals surface area contributed by atoms with Crippen molar-refractivity contribution in [3.63, 3.8) is 0 Å². The third-order valence-corrected chi connectivity index (χ3v) is 2.74. The molecule has 1 fully saturated rings. The quantitative estimate of drug-likeness (QED) is 0.733. The van der Waals surface area contributed by atoms with Crippen LogP contribution >= 0.6 is 0 Å². The van der Waals surface area contributed by atoms with Crippen molar-refractivity contribution in [2.45, 2.75) is 6.17 Å². The average Bonchev–Trinajstić information content (AvgIpc) is 2.62. The summed E-state index contributed by atoms with van der Waals surface area (Å²) in [7, 11) is 0. The summed E-state index contributed by atoms with van der Waals surface area (Å²) in [6, 6.07) is 1.54. The van der Waals surface area contributed by atoms with Gasteiger partial charge in [0, 0.05) is 6.20 Å². The highest BCUT2D eigenvalue weighted by Gasteiger charge is 2.31. The lowest BCUT2D eigenvalue weighted by Crippen LogP contribution is -2.51. The standard InChI is InChI=1S/C10H9FN4O2/c11-6-3-15(4-6)9(16)5-1-7-8(12-2-5)14-10(17)13-7/h1-2,6H,3-4H2,(H2,12,13,14,17). The predicted molar refractivity (Wildman–Crippen MR) is 57.5 cm³/mol. The Bertz CT molecular complexity index is 641. The minimum atomic E-state index is -0.928. The Morgan fingerprint density at radius 2 is 2.24 bits per heavy atom. The maximum Gasteiger partial charge on any atom is 0.325 e. The number of likely N-dealkylation sites (tertiary alicyclic amines) is 1. The van der Waals surface area contributed by atoms with Crippen molar-refractivity contribution in [1.82, 2.24) is 19.9 Å². The Hall–Kier alpha value is -2.18. The van der Waals surface area contributed by atoms with E-state index in [0.29, 0.717) is 16.7 Å². The molecule has 2 N–H and O–H groups in total. The maximum absolute atomic E-state index is 12.6. The Morgan fingerprint density at radius 3 is 2.94 bits per heavy atom. The van der Waals surface area contributed by atoms with Crippen LogP contribution < -0.4 is 5.69 Å². The number of carbonyl (C=O) groups excluding carboxylic acids is 1. The van der Waals surface area contributed by atoms with Crippen LogP contribution in [0.4, 0.5) is 4.39 Å². The van der Waals surface area contributed by atoms with Crippen molar-refractivity contribution in [2.24, 2.45) is 0 Å². The third-order valence-electron chi connectivity index (χ3n) is 2.74. The van der Waals surface area contributed by atoms with Crippen LogP contribution in [0.3, 0.4) is 0 Å². The van der Waals surface area contributed by atoms with Crippen molar-refractivity contribution in [2.75, 3.05) is 13.1 Å². The van der Waals surface area contributed by atoms with Gasteiger partial charge in [-0.15, -0.1) is 0 Å². The number of amides is 1. The molecule has 7 heteroatoms. The van der Waals surface area contributed by atoms with Gasteiger partial charge in [0.25, 0.3) is 5.91 Å². The summed E-state index contributed by atoms with van der Waals surface area (Å²) in [4.78, 5) is 33.2. The number of carbonyl (C=O) groups is 1. The van der Waals surface area contributed by atoms with E-state index in [0.717, 1.165) is 0 Å². The van der Waals surface area contributed by atoms with Crippen LogP contribution in [0.25, 0.3) is 11.2 Å². The average molecular weight is 236 g/mol. The van der Waals surface area contributed by atoms with Crippen molar-refractivity contribution < 1.29 is 9.18 Å². The lowest BCUT2D eigenvalue weighted by molar-refractivity contribution is 0.0400. The first kappa shape index (κ1) is 10.0. The molecule has 0 aromatic carbocycles. The fraction of sp³-hybridized carbons (Fsp3) is 0.300. The van der Waals surface area contributed by atoms with Gasteiger partial charge in [0.05, 0.1) is 24.2 Å². The van der Waals surface area contributed by atoms with E-state index in [2.05, 4.69) is 15.0 Å². The number of aromatic amines is 2. The largest absolute Gasteiger partial charge is 0.333 e. The molecule has 3 rings (SSSR count). The van der Waals surface area contributed by atoms with Crippen LogP contribution in [0.2, 0.25) is 0 Å². The van der Waals surface area contributed by atoms with E-state index in [1.54, 1.807) is 0 Å². The molecule has 2 aromatic heterocycles. The summed E-state index contributed by atoms with van der Waals surface area (Å²) in [5.74, 6) is -0.268. The molecule has 0 aliphatic carbocycles. The van der Waals surface area contributed by atoms with E-state index in [1.165, 1.54) is 17.2 Å². The number of nitrogens with one attached hydrogen (secondary N) is 2. The molecule has 1 aliphatic rings. The van der Waals surface area contributed by atoms with Gasteiger partial charge in [-0.3, -0.25) is 9.78 Å². The molecule has 3 heterocycles. The fourth-order valence-corrected chi connectivity index (χ4v) is 1.81. The monoisotopic (exact) mass is 236 g/mol. The fourth-order valence-electron chi connectivity index (χ4n) is 1.81. The van der Waals surface area contributed by atoms with Crippen LogP contribution in [0.15, 0.2) is 17.1 Å². The van der Waals surface area contributed by atoms with Gasteiger partial charge in [-0.05, 0) is 6.07 Å². The SMILES string of the molecule is O=C(c1cnc2[nH]c(=O)[nH]c2c1)N1CC(F)C1. The number of fused-ring (bicyclic) bond motifs is 1. The van der Waals surface area contributed by atoms with E-state index in [-0.39, 0.29) is 24.7 Å². The van der Waals surface area contributed by atoms with Crippen LogP contribution in [-0.4, -0.2) is 45.0 Å². The number of aromatic nitrogens is 3. The van der Waals surface area contributed by atoms with Gasteiger partial charge in [0.1, 0.15) is 6.17 Å². The summed E-state index contributed by atoms with van der Waals surface area (Å²) >= 11 is 0. The van der Waals surface area contributed by atoms with Gasteiger partial charge < -0.3 is 9.88 Å². The van der Waals surface area contributed by atoms with Crippen molar-refractivity contribution in [1.29, 1.82) is 0 Å². The van der Waals surface area contributed by atoms with Crippen molar-refractivity contribution >= 4 is 17.1 Å². The molecule has 1 saturated heterocycles. The number of H-pyrrole nitrogens is 2. The zero-order valence-corrected chi connectivity index (χ0v) is 8.74. The molecule has 2 aromatic rings. The first-order chi connectivity index (χ1) is 8.13. The van der Waals surface area contributed by atoms with E-state index < -0.39 is 6.17 Å². The number of alkyl halides is 1. The predicted octanol–water partition coefficient (Wildman–Crippen LogP) is 0.0451. The van der Waals surface area contributed by atoms with E-state index >= 15 is 0 Å². The van der Waals surface area contributed by atoms with E-state index in [1.807, 2.05) is 0 Å². The molecule has 0 radical (unpaired) electrons. The zero-order chi connectivity index (χ0) is 12.0. The Kier molecular flexibility index (Phi) is 2.01. The number of pyridine rings is 1. The Balaban J connectivity index is 1.94. The first-order valence-corrected chi connectivity index (χ1v) is 5.15. The molecule has 88 valence electrons. The lowest BCUT2D eigenvalue weighted by atomic mass is 10.1. The van der Waals surface area contributed by atoms with Crippen molar-refractivity contribution in [3.8, 4) is 0 Å². The molecular formula is C10H9FN4O2. The number of hydrogen-bond acceptors (Lipinski definition) is 3. The maximum atomic E-state index is 12.6. The summed E-state index contributed by atoms with van der Waals surface area (Å²) < 4.78 is 12.6. The van der Waals surface area contributed by atoms with E-state index in [4.69, 9.17) is 0 Å². The number of imidazole rings is 1. The molecule has 0 bridgehead atoms. The summed E-state index contributed by atoms with van der Waals surface area (Å²) in [6.07, 6.45) is 0.447. The van der Waals surface area contributed by atoms with Crippen LogP contribution in [0, 0.1) is 0 Å². The molecule has 0 spiro atoms. The summed E-state index contributed by atoms with van der Waals surface area (Å²) in [6.45, 7) is 0.251. The van der Waals surface area contributed by atoms with Gasteiger partial charge in [0.2, 0.25) is 0 Å². The number of hydrogen-bond donors (Lipinski definition) is 2. The molecular weight excluding hydrogens is 227 g/mol. The molecule has 1 amide bonds. The minimum absolute atomic E-state index is 0.126. The van der Waals surface area contributed by atoms with Gasteiger partial charge in [-0.25, -0.2) is 14.2 Å². The molecule has 0 atom stereocenters. The highest BCUT2D eigenvalue weighted by Crippen LogP contribution is 2.16. The van der Waals surface area contributed by atoms with E-state index in [9.17, 15) is 14.0 Å². The Morgan fingerprint density at radius 1 is 1.47 bits per heavy atom. The topological polar surface area (TPSA) is 81.8 Å². The van der Waals surface area contributed by atoms with Gasteiger partial charge >= 0.3 is 5.69 Å². The highest BCUT2D eigenvalue weighted by atomic mass is 19.1. The van der Waals surface area contributed by atoms with Gasteiger partial charge in [-0.1, -0.05) is 0 Å². The lowest BCUT2D eigenvalue weighted by Gasteiger charge is -2.34. The highest BCUT2D eigenvalue weighted by molar-refractivity contribution is 5.96. The molecule has 6 nitrogen and oxygen atoms in total. The normalized spacial score (nSPS) is 16.2. The second-order valence-corrected chi connectivity index (χ2v) is 4.01. The Labute approximate surface area is 94.5 Å². The third kappa shape index (κ3) is 1.59. The zero-order valence-electron chi connectivity index (χ0n) is 8.74. The van der Waals surface area contributed by atoms with Gasteiger partial charge in [0.15, 0.2) is 5.65 Å². The van der Waals surface area contributed by atoms with Crippen LogP contribution in [0.5, 0.6) is 0 Å².